The van der Waals surface area contributed by atoms with Gasteiger partial charge in [0.15, 0.2) is 11.5 Å². The summed E-state index contributed by atoms with van der Waals surface area (Å²) in [6.07, 6.45) is 0. The Hall–Kier alpha value is -2.39. The molecule has 7 nitrogen and oxygen atoms in total. The highest BCUT2D eigenvalue weighted by molar-refractivity contribution is 7.98. The zero-order chi connectivity index (χ0) is 21.6. The van der Waals surface area contributed by atoms with Crippen molar-refractivity contribution in [2.75, 3.05) is 35.7 Å². The molecule has 1 aliphatic heterocycles. The number of sulfonamides is 1. The van der Waals surface area contributed by atoms with Gasteiger partial charge in [0.2, 0.25) is 22.7 Å². The summed E-state index contributed by atoms with van der Waals surface area (Å²) in [6.45, 7) is 3.92. The molecule has 9 heteroatoms. The lowest BCUT2D eigenvalue weighted by Gasteiger charge is -2.23. The number of benzene rings is 2. The molecule has 0 aromatic heterocycles. The van der Waals surface area contributed by atoms with Gasteiger partial charge in [-0.05, 0) is 37.1 Å². The van der Waals surface area contributed by atoms with E-state index in [4.69, 9.17) is 9.47 Å². The molecule has 0 saturated carbocycles. The molecule has 30 heavy (non-hydrogen) atoms. The van der Waals surface area contributed by atoms with Gasteiger partial charge in [-0.25, -0.2) is 8.42 Å². The van der Waals surface area contributed by atoms with Crippen molar-refractivity contribution < 1.29 is 22.7 Å². The Morgan fingerprint density at radius 1 is 1.17 bits per heavy atom. The van der Waals surface area contributed by atoms with Crippen molar-refractivity contribution in [1.29, 1.82) is 0 Å². The molecule has 0 radical (unpaired) electrons. The van der Waals surface area contributed by atoms with Crippen LogP contribution in [0.1, 0.15) is 18.1 Å². The fraction of sp³-hybridized carbons (Fsp3) is 0.381. The van der Waals surface area contributed by atoms with E-state index in [2.05, 4.69) is 24.4 Å². The van der Waals surface area contributed by atoms with Gasteiger partial charge in [-0.1, -0.05) is 24.3 Å². The normalized spacial score (nSPS) is 12.6. The Labute approximate surface area is 181 Å². The number of amides is 1. The van der Waals surface area contributed by atoms with E-state index in [9.17, 15) is 13.2 Å². The van der Waals surface area contributed by atoms with E-state index in [1.807, 2.05) is 12.1 Å². The smallest absolute Gasteiger partial charge is 0.240 e. The van der Waals surface area contributed by atoms with E-state index in [1.54, 1.807) is 36.9 Å². The van der Waals surface area contributed by atoms with Crippen LogP contribution in [-0.4, -0.2) is 45.7 Å². The average Bonchev–Trinajstić information content (AvgIpc) is 3.20. The maximum absolute atomic E-state index is 12.6. The molecule has 1 amide bonds. The first-order valence-corrected chi connectivity index (χ1v) is 12.5. The van der Waals surface area contributed by atoms with Crippen molar-refractivity contribution in [3.63, 3.8) is 0 Å². The zero-order valence-corrected chi connectivity index (χ0v) is 18.7. The molecule has 2 aromatic rings. The first-order valence-electron chi connectivity index (χ1n) is 9.69. The molecule has 0 atom stereocenters. The lowest BCUT2D eigenvalue weighted by Crippen LogP contribution is -2.42. The number of aryl methyl sites for hydroxylation is 1. The molecular weight excluding hydrogens is 424 g/mol. The first kappa shape index (κ1) is 22.3. The van der Waals surface area contributed by atoms with Gasteiger partial charge in [0, 0.05) is 24.1 Å². The molecule has 1 N–H and O–H groups in total. The first-order chi connectivity index (χ1) is 14.4. The number of anilines is 1. The van der Waals surface area contributed by atoms with Gasteiger partial charge in [0.1, 0.15) is 6.54 Å². The van der Waals surface area contributed by atoms with Crippen LogP contribution in [0, 0.1) is 6.92 Å². The van der Waals surface area contributed by atoms with Crippen molar-refractivity contribution in [3.05, 3.63) is 53.6 Å². The summed E-state index contributed by atoms with van der Waals surface area (Å²) < 4.78 is 36.9. The summed E-state index contributed by atoms with van der Waals surface area (Å²) in [7, 11) is -3.63. The summed E-state index contributed by atoms with van der Waals surface area (Å²) in [5.41, 5.74) is 2.90. The van der Waals surface area contributed by atoms with E-state index in [-0.39, 0.29) is 25.0 Å². The summed E-state index contributed by atoms with van der Waals surface area (Å²) >= 11 is 1.72. The quantitative estimate of drug-likeness (QED) is 0.560. The number of fused-ring (bicyclic) bond motifs is 1. The van der Waals surface area contributed by atoms with Gasteiger partial charge < -0.3 is 14.8 Å². The van der Waals surface area contributed by atoms with Crippen molar-refractivity contribution >= 4 is 33.4 Å². The van der Waals surface area contributed by atoms with E-state index in [0.717, 1.165) is 15.8 Å². The molecule has 1 heterocycles. The van der Waals surface area contributed by atoms with Crippen LogP contribution in [0.2, 0.25) is 0 Å². The van der Waals surface area contributed by atoms with Crippen molar-refractivity contribution in [3.8, 4) is 11.5 Å². The fourth-order valence-electron chi connectivity index (χ4n) is 2.95. The Balaban J connectivity index is 1.54. The van der Waals surface area contributed by atoms with Crippen LogP contribution in [0.25, 0.3) is 0 Å². The largest absolute Gasteiger partial charge is 0.454 e. The Kier molecular flexibility index (Phi) is 7.49. The predicted molar refractivity (Wildman–Crippen MR) is 120 cm³/mol. The Bertz CT molecular complexity index is 995. The molecule has 3 rings (SSSR count). The monoisotopic (exact) mass is 450 g/mol. The van der Waals surface area contributed by atoms with E-state index >= 15 is 0 Å². The number of carbonyl (C=O) groups excluding carboxylic acids is 1. The molecule has 0 fully saturated rings. The maximum atomic E-state index is 12.6. The maximum Gasteiger partial charge on any atom is 0.240 e. The number of thioether (sulfide) groups is 1. The second kappa shape index (κ2) is 10.1. The van der Waals surface area contributed by atoms with Crippen LogP contribution < -0.4 is 19.1 Å². The minimum Gasteiger partial charge on any atom is -0.454 e. The molecule has 162 valence electrons. The predicted octanol–water partition coefficient (Wildman–Crippen LogP) is 2.93. The number of hydrogen-bond donors (Lipinski definition) is 1. The third-order valence-electron chi connectivity index (χ3n) is 4.72. The fourth-order valence-corrected chi connectivity index (χ4v) is 4.94. The second-order valence-electron chi connectivity index (χ2n) is 6.77. The molecule has 0 bridgehead atoms. The van der Waals surface area contributed by atoms with Gasteiger partial charge >= 0.3 is 0 Å². The van der Waals surface area contributed by atoms with Gasteiger partial charge in [0.05, 0.1) is 11.4 Å². The molecule has 2 aromatic carbocycles. The van der Waals surface area contributed by atoms with Crippen molar-refractivity contribution in [2.45, 2.75) is 19.6 Å². The number of nitrogens with zero attached hydrogens (tertiary/aromatic N) is 1. The van der Waals surface area contributed by atoms with Crippen LogP contribution in [0.15, 0.2) is 42.5 Å². The Morgan fingerprint density at radius 2 is 1.93 bits per heavy atom. The SMILES string of the molecule is CCS(=O)(=O)N(CC(=O)NCCSCc1ccccc1C)c1ccc2c(c1)OCO2. The van der Waals surface area contributed by atoms with E-state index in [0.29, 0.717) is 23.7 Å². The van der Waals surface area contributed by atoms with E-state index < -0.39 is 10.0 Å². The number of carbonyl (C=O) groups is 1. The van der Waals surface area contributed by atoms with Gasteiger partial charge in [0.25, 0.3) is 0 Å². The number of nitrogens with one attached hydrogen (secondary N) is 1. The Morgan fingerprint density at radius 3 is 2.70 bits per heavy atom. The van der Waals surface area contributed by atoms with Gasteiger partial charge in [-0.15, -0.1) is 0 Å². The zero-order valence-electron chi connectivity index (χ0n) is 17.1. The minimum absolute atomic E-state index is 0.0972. The lowest BCUT2D eigenvalue weighted by molar-refractivity contribution is -0.119. The molecule has 0 spiro atoms. The van der Waals surface area contributed by atoms with Gasteiger partial charge in [-0.2, -0.15) is 11.8 Å². The van der Waals surface area contributed by atoms with Crippen LogP contribution in [0.5, 0.6) is 11.5 Å². The second-order valence-corrected chi connectivity index (χ2v) is 10.1. The number of hydrogen-bond acceptors (Lipinski definition) is 6. The molecule has 0 unspecified atom stereocenters. The van der Waals surface area contributed by atoms with Crippen LogP contribution in [0.4, 0.5) is 5.69 Å². The van der Waals surface area contributed by atoms with Gasteiger partial charge in [-0.3, -0.25) is 9.10 Å². The molecule has 0 saturated heterocycles. The third kappa shape index (κ3) is 5.60. The van der Waals surface area contributed by atoms with Crippen molar-refractivity contribution in [1.82, 2.24) is 5.32 Å². The highest BCUT2D eigenvalue weighted by Gasteiger charge is 2.25. The minimum atomic E-state index is -3.63. The number of rotatable bonds is 10. The highest BCUT2D eigenvalue weighted by Crippen LogP contribution is 2.36. The molecule has 0 aliphatic carbocycles. The topological polar surface area (TPSA) is 84.9 Å². The summed E-state index contributed by atoms with van der Waals surface area (Å²) in [5, 5.41) is 2.81. The average molecular weight is 451 g/mol. The lowest BCUT2D eigenvalue weighted by atomic mass is 10.1. The third-order valence-corrected chi connectivity index (χ3v) is 7.47. The summed E-state index contributed by atoms with van der Waals surface area (Å²) in [5.74, 6) is 2.18. The van der Waals surface area contributed by atoms with Crippen LogP contribution in [0.3, 0.4) is 0 Å². The van der Waals surface area contributed by atoms with Crippen LogP contribution in [-0.2, 0) is 20.6 Å². The summed E-state index contributed by atoms with van der Waals surface area (Å²) in [4.78, 5) is 12.4. The standard InChI is InChI=1S/C21H26N2O5S2/c1-3-30(25,26)23(18-8-9-19-20(12-18)28-15-27-19)13-21(24)22-10-11-29-14-17-7-5-4-6-16(17)2/h4-9,12H,3,10-11,13-15H2,1-2H3,(H,22,24). The van der Waals surface area contributed by atoms with E-state index in [1.165, 1.54) is 11.1 Å². The summed E-state index contributed by atoms with van der Waals surface area (Å²) in [6, 6.07) is 13.1. The van der Waals surface area contributed by atoms with Crippen LogP contribution >= 0.6 is 11.8 Å². The number of ether oxygens (including phenoxy) is 2. The van der Waals surface area contributed by atoms with Crippen molar-refractivity contribution in [2.24, 2.45) is 0 Å². The molecular formula is C21H26N2O5S2. The highest BCUT2D eigenvalue weighted by atomic mass is 32.2. The molecule has 1 aliphatic rings.